The summed E-state index contributed by atoms with van der Waals surface area (Å²) in [5, 5.41) is 7.49. The molecule has 7 heteroatoms. The Morgan fingerprint density at radius 2 is 2.00 bits per heavy atom. The van der Waals surface area contributed by atoms with Crippen molar-refractivity contribution in [1.82, 2.24) is 14.8 Å². The van der Waals surface area contributed by atoms with Crippen molar-refractivity contribution in [2.24, 2.45) is 0 Å². The first-order valence-corrected chi connectivity index (χ1v) is 9.98. The summed E-state index contributed by atoms with van der Waals surface area (Å²) >= 11 is 0. The Bertz CT molecular complexity index is 1060. The van der Waals surface area contributed by atoms with Crippen LogP contribution in [0.1, 0.15) is 37.4 Å². The van der Waals surface area contributed by atoms with E-state index in [1.54, 1.807) is 4.68 Å². The Labute approximate surface area is 175 Å². The number of carbonyl (C=O) groups excluding carboxylic acids is 1. The first-order chi connectivity index (χ1) is 14.7. The van der Waals surface area contributed by atoms with E-state index in [2.05, 4.69) is 15.4 Å². The number of benzene rings is 2. The summed E-state index contributed by atoms with van der Waals surface area (Å²) in [5.74, 6) is 0.944. The first-order valence-electron chi connectivity index (χ1n) is 9.98. The fourth-order valence-corrected chi connectivity index (χ4v) is 3.45. The molecule has 0 aliphatic carbocycles. The molecule has 1 aliphatic rings. The Balaban J connectivity index is 1.65. The van der Waals surface area contributed by atoms with Gasteiger partial charge in [0.15, 0.2) is 0 Å². The van der Waals surface area contributed by atoms with Gasteiger partial charge in [0, 0.05) is 5.70 Å². The lowest BCUT2D eigenvalue weighted by Crippen LogP contribution is -2.29. The van der Waals surface area contributed by atoms with Crippen LogP contribution in [0.25, 0.3) is 0 Å². The molecule has 4 rings (SSSR count). The van der Waals surface area contributed by atoms with E-state index < -0.39 is 6.04 Å². The van der Waals surface area contributed by atoms with E-state index in [1.165, 1.54) is 6.33 Å². The number of aromatic nitrogens is 3. The average molecular weight is 404 g/mol. The molecular weight excluding hydrogens is 380 g/mol. The summed E-state index contributed by atoms with van der Waals surface area (Å²) in [6.45, 7) is 4.65. The molecule has 3 aromatic rings. The van der Waals surface area contributed by atoms with Crippen molar-refractivity contribution in [2.45, 2.75) is 32.9 Å². The van der Waals surface area contributed by atoms with Crippen LogP contribution >= 0.6 is 0 Å². The maximum Gasteiger partial charge on any atom is 0.338 e. The molecule has 7 nitrogen and oxygen atoms in total. The van der Waals surface area contributed by atoms with Crippen molar-refractivity contribution >= 4 is 11.9 Å². The van der Waals surface area contributed by atoms with Crippen molar-refractivity contribution in [3.05, 3.63) is 83.3 Å². The zero-order valence-electron chi connectivity index (χ0n) is 17.0. The second-order valence-electron chi connectivity index (χ2n) is 7.08. The van der Waals surface area contributed by atoms with Gasteiger partial charge < -0.3 is 14.8 Å². The van der Waals surface area contributed by atoms with E-state index in [-0.39, 0.29) is 5.97 Å². The number of allylic oxidation sites excluding steroid dienone is 1. The van der Waals surface area contributed by atoms with E-state index in [0.717, 1.165) is 23.3 Å². The van der Waals surface area contributed by atoms with E-state index in [9.17, 15) is 4.79 Å². The van der Waals surface area contributed by atoms with Gasteiger partial charge in [-0.3, -0.25) is 0 Å². The van der Waals surface area contributed by atoms with Crippen LogP contribution in [0.2, 0.25) is 0 Å². The Morgan fingerprint density at radius 1 is 1.17 bits per heavy atom. The van der Waals surface area contributed by atoms with Crippen LogP contribution in [0.3, 0.4) is 0 Å². The molecule has 1 N–H and O–H groups in total. The number of nitrogens with zero attached hydrogens (tertiary/aromatic N) is 3. The van der Waals surface area contributed by atoms with Gasteiger partial charge in [-0.25, -0.2) is 9.48 Å². The highest BCUT2D eigenvalue weighted by molar-refractivity contribution is 5.92. The van der Waals surface area contributed by atoms with Crippen molar-refractivity contribution in [1.29, 1.82) is 0 Å². The maximum atomic E-state index is 12.9. The molecule has 1 aromatic heterocycles. The topological polar surface area (TPSA) is 78.3 Å². The fraction of sp³-hybridized carbons (Fsp3) is 0.261. The number of hydrogen-bond donors (Lipinski definition) is 1. The molecule has 1 unspecified atom stereocenters. The molecule has 0 radical (unpaired) electrons. The zero-order valence-corrected chi connectivity index (χ0v) is 17.0. The lowest BCUT2D eigenvalue weighted by atomic mass is 9.95. The largest absolute Gasteiger partial charge is 0.489 e. The average Bonchev–Trinajstić information content (AvgIpc) is 3.24. The summed E-state index contributed by atoms with van der Waals surface area (Å²) in [4.78, 5) is 17.1. The molecule has 0 bridgehead atoms. The van der Waals surface area contributed by atoms with Gasteiger partial charge in [-0.05, 0) is 36.6 Å². The maximum absolute atomic E-state index is 12.9. The van der Waals surface area contributed by atoms with Gasteiger partial charge in [0.1, 0.15) is 24.7 Å². The van der Waals surface area contributed by atoms with Crippen LogP contribution in [0.4, 0.5) is 5.95 Å². The highest BCUT2D eigenvalue weighted by Gasteiger charge is 2.34. The minimum Gasteiger partial charge on any atom is -0.489 e. The smallest absolute Gasteiger partial charge is 0.338 e. The summed E-state index contributed by atoms with van der Waals surface area (Å²) in [6, 6.07) is 17.2. The van der Waals surface area contributed by atoms with E-state index in [1.807, 2.05) is 68.4 Å². The Kier molecular flexibility index (Phi) is 5.79. The van der Waals surface area contributed by atoms with Gasteiger partial charge in [-0.2, -0.15) is 10.1 Å². The van der Waals surface area contributed by atoms with Crippen molar-refractivity contribution in [3.8, 4) is 5.75 Å². The molecule has 0 fully saturated rings. The predicted octanol–water partition coefficient (Wildman–Crippen LogP) is 4.10. The number of nitrogens with one attached hydrogen (secondary N) is 1. The van der Waals surface area contributed by atoms with Crippen LogP contribution in [-0.2, 0) is 16.1 Å². The third kappa shape index (κ3) is 4.05. The van der Waals surface area contributed by atoms with Gasteiger partial charge >= 0.3 is 5.97 Å². The number of hydrogen-bond acceptors (Lipinski definition) is 6. The van der Waals surface area contributed by atoms with Gasteiger partial charge in [-0.15, -0.1) is 0 Å². The number of fused-ring (bicyclic) bond motifs is 1. The van der Waals surface area contributed by atoms with Crippen LogP contribution in [-0.4, -0.2) is 27.3 Å². The molecule has 2 heterocycles. The quantitative estimate of drug-likeness (QED) is 0.598. The summed E-state index contributed by atoms with van der Waals surface area (Å²) in [7, 11) is 0. The second-order valence-corrected chi connectivity index (χ2v) is 7.08. The molecular formula is C23H24N4O3. The summed E-state index contributed by atoms with van der Waals surface area (Å²) in [6.07, 6.45) is 2.23. The van der Waals surface area contributed by atoms with Gasteiger partial charge in [0.2, 0.25) is 5.95 Å². The van der Waals surface area contributed by atoms with Crippen LogP contribution in [0, 0.1) is 0 Å². The van der Waals surface area contributed by atoms with Gasteiger partial charge in [-0.1, -0.05) is 49.4 Å². The number of anilines is 1. The van der Waals surface area contributed by atoms with E-state index >= 15 is 0 Å². The monoisotopic (exact) mass is 404 g/mol. The number of ether oxygens (including phenoxy) is 2. The normalized spacial score (nSPS) is 15.3. The zero-order chi connectivity index (χ0) is 20.9. The molecule has 1 atom stereocenters. The molecule has 0 spiro atoms. The van der Waals surface area contributed by atoms with E-state index in [4.69, 9.17) is 9.47 Å². The minimum atomic E-state index is -0.451. The Morgan fingerprint density at radius 3 is 2.80 bits per heavy atom. The number of esters is 1. The minimum absolute atomic E-state index is 0.358. The molecule has 154 valence electrons. The van der Waals surface area contributed by atoms with Crippen molar-refractivity contribution < 1.29 is 14.3 Å². The number of rotatable bonds is 7. The first kappa shape index (κ1) is 19.7. The standard InChI is InChI=1S/C23H24N4O3/c1-3-12-29-22(28)20-16(2)26-23-24-15-25-27(23)21(20)18-10-7-11-19(13-18)30-14-17-8-5-4-6-9-17/h4-11,13,15,21H,3,12,14H2,1-2H3,(H,24,25,26). The van der Waals surface area contributed by atoms with Crippen LogP contribution < -0.4 is 10.1 Å². The predicted molar refractivity (Wildman–Crippen MR) is 113 cm³/mol. The summed E-state index contributed by atoms with van der Waals surface area (Å²) < 4.78 is 13.1. The number of carbonyl (C=O) groups is 1. The summed E-state index contributed by atoms with van der Waals surface area (Å²) in [5.41, 5.74) is 3.18. The Hall–Kier alpha value is -3.61. The molecule has 0 saturated heterocycles. The van der Waals surface area contributed by atoms with Crippen molar-refractivity contribution in [2.75, 3.05) is 11.9 Å². The molecule has 0 amide bonds. The van der Waals surface area contributed by atoms with Crippen molar-refractivity contribution in [3.63, 3.8) is 0 Å². The molecule has 30 heavy (non-hydrogen) atoms. The lowest BCUT2D eigenvalue weighted by Gasteiger charge is -2.28. The highest BCUT2D eigenvalue weighted by atomic mass is 16.5. The lowest BCUT2D eigenvalue weighted by molar-refractivity contribution is -0.139. The van der Waals surface area contributed by atoms with Gasteiger partial charge in [0.05, 0.1) is 12.2 Å². The SMILES string of the molecule is CCCOC(=O)C1=C(C)Nc2ncnn2C1c1cccc(OCc2ccccc2)c1. The second kappa shape index (κ2) is 8.82. The highest BCUT2D eigenvalue weighted by Crippen LogP contribution is 2.36. The molecule has 0 saturated carbocycles. The third-order valence-electron chi connectivity index (χ3n) is 4.87. The van der Waals surface area contributed by atoms with E-state index in [0.29, 0.717) is 30.4 Å². The third-order valence-corrected chi connectivity index (χ3v) is 4.87. The van der Waals surface area contributed by atoms with Crippen LogP contribution in [0.5, 0.6) is 5.75 Å². The van der Waals surface area contributed by atoms with Gasteiger partial charge in [0.25, 0.3) is 0 Å². The molecule has 2 aromatic carbocycles. The fourth-order valence-electron chi connectivity index (χ4n) is 3.45. The molecule has 1 aliphatic heterocycles. The van der Waals surface area contributed by atoms with Crippen LogP contribution in [0.15, 0.2) is 72.2 Å².